The molecule has 0 aliphatic carbocycles. The number of carbonyl (C=O) groups is 2. The largest absolute Gasteiger partial charge is 0.350 e. The van der Waals surface area contributed by atoms with Crippen molar-refractivity contribution in [3.63, 3.8) is 0 Å². The zero-order chi connectivity index (χ0) is 13.8. The Hall–Kier alpha value is -2.44. The number of hydrazone groups is 2. The van der Waals surface area contributed by atoms with E-state index in [1.807, 2.05) is 29.9 Å². The van der Waals surface area contributed by atoms with Crippen LogP contribution >= 0.6 is 0 Å². The quantitative estimate of drug-likeness (QED) is 0.589. The summed E-state index contributed by atoms with van der Waals surface area (Å²) >= 11 is 0. The molecule has 7 nitrogen and oxygen atoms in total. The topological polar surface area (TPSA) is 87.8 Å². The average Bonchev–Trinajstić information content (AvgIpc) is 2.90. The van der Waals surface area contributed by atoms with Gasteiger partial charge in [0.25, 0.3) is 0 Å². The van der Waals surface area contributed by atoms with Crippen molar-refractivity contribution in [3.8, 4) is 0 Å². The van der Waals surface area contributed by atoms with Crippen LogP contribution in [-0.4, -0.2) is 28.3 Å². The molecular formula is C12H15N5O2. The minimum Gasteiger partial charge on any atom is -0.350 e. The number of hydrogen-bond acceptors (Lipinski definition) is 4. The summed E-state index contributed by atoms with van der Waals surface area (Å²) in [6.45, 7) is 1.71. The van der Waals surface area contributed by atoms with Crippen LogP contribution in [0.15, 0.2) is 28.5 Å². The summed E-state index contributed by atoms with van der Waals surface area (Å²) in [6, 6.07) is 3.75. The van der Waals surface area contributed by atoms with E-state index in [2.05, 4.69) is 21.1 Å². The summed E-state index contributed by atoms with van der Waals surface area (Å²) < 4.78 is 1.87. The maximum absolute atomic E-state index is 11.6. The predicted octanol–water partition coefficient (Wildman–Crippen LogP) is -0.0128. The summed E-state index contributed by atoms with van der Waals surface area (Å²) in [7, 11) is 1.88. The number of aryl methyl sites for hydroxylation is 1. The Morgan fingerprint density at radius 1 is 1.68 bits per heavy atom. The van der Waals surface area contributed by atoms with Gasteiger partial charge in [-0.25, -0.2) is 10.9 Å². The number of amides is 2. The van der Waals surface area contributed by atoms with Crippen LogP contribution in [0.5, 0.6) is 0 Å². The third-order valence-corrected chi connectivity index (χ3v) is 2.92. The first-order valence-corrected chi connectivity index (χ1v) is 5.85. The molecule has 7 heteroatoms. The fraction of sp³-hybridized carbons (Fsp3) is 0.333. The Labute approximate surface area is 110 Å². The molecule has 0 aromatic carbocycles. The van der Waals surface area contributed by atoms with Gasteiger partial charge in [-0.15, -0.1) is 0 Å². The molecule has 0 unspecified atom stereocenters. The molecule has 0 fully saturated rings. The SMILES string of the molecule is CC1=NNC(=O)[C@H]1CC(=O)N/N=C\c1cccn1C. The maximum atomic E-state index is 11.6. The van der Waals surface area contributed by atoms with E-state index in [0.29, 0.717) is 5.71 Å². The maximum Gasteiger partial charge on any atom is 0.249 e. The molecule has 2 heterocycles. The normalized spacial score (nSPS) is 18.5. The molecule has 0 radical (unpaired) electrons. The molecule has 2 amide bonds. The molecule has 0 saturated carbocycles. The van der Waals surface area contributed by atoms with Gasteiger partial charge in [0.1, 0.15) is 0 Å². The van der Waals surface area contributed by atoms with E-state index in [1.54, 1.807) is 13.1 Å². The van der Waals surface area contributed by atoms with E-state index in [0.717, 1.165) is 5.69 Å². The molecule has 19 heavy (non-hydrogen) atoms. The van der Waals surface area contributed by atoms with Crippen LogP contribution < -0.4 is 10.9 Å². The molecule has 2 rings (SSSR count). The van der Waals surface area contributed by atoms with E-state index in [4.69, 9.17) is 0 Å². The van der Waals surface area contributed by atoms with E-state index < -0.39 is 5.92 Å². The Balaban J connectivity index is 1.85. The highest BCUT2D eigenvalue weighted by atomic mass is 16.2. The third kappa shape index (κ3) is 3.06. The molecular weight excluding hydrogens is 246 g/mol. The lowest BCUT2D eigenvalue weighted by atomic mass is 10.0. The van der Waals surface area contributed by atoms with Gasteiger partial charge in [0, 0.05) is 25.4 Å². The van der Waals surface area contributed by atoms with Crippen LogP contribution in [-0.2, 0) is 16.6 Å². The number of nitrogens with one attached hydrogen (secondary N) is 2. The molecule has 0 bridgehead atoms. The first-order chi connectivity index (χ1) is 9.08. The zero-order valence-electron chi connectivity index (χ0n) is 10.8. The Bertz CT molecular complexity index is 558. The van der Waals surface area contributed by atoms with Crippen LogP contribution in [0.4, 0.5) is 0 Å². The van der Waals surface area contributed by atoms with E-state index in [-0.39, 0.29) is 18.2 Å². The molecule has 0 saturated heterocycles. The lowest BCUT2D eigenvalue weighted by Gasteiger charge is -2.05. The van der Waals surface area contributed by atoms with E-state index >= 15 is 0 Å². The highest BCUT2D eigenvalue weighted by molar-refractivity contribution is 6.09. The first kappa shape index (κ1) is 13.0. The molecule has 100 valence electrons. The van der Waals surface area contributed by atoms with Gasteiger partial charge in [-0.2, -0.15) is 10.2 Å². The van der Waals surface area contributed by atoms with Crippen molar-refractivity contribution >= 4 is 23.7 Å². The van der Waals surface area contributed by atoms with Crippen molar-refractivity contribution in [1.82, 2.24) is 15.4 Å². The van der Waals surface area contributed by atoms with Gasteiger partial charge in [-0.3, -0.25) is 9.59 Å². The van der Waals surface area contributed by atoms with Gasteiger partial charge in [0.15, 0.2) is 0 Å². The second-order valence-electron chi connectivity index (χ2n) is 4.32. The van der Waals surface area contributed by atoms with Crippen molar-refractivity contribution in [1.29, 1.82) is 0 Å². The minimum atomic E-state index is -0.495. The van der Waals surface area contributed by atoms with Crippen molar-refractivity contribution in [2.24, 2.45) is 23.2 Å². The number of rotatable bonds is 4. The number of carbonyl (C=O) groups excluding carboxylic acids is 2. The van der Waals surface area contributed by atoms with Crippen LogP contribution in [0.3, 0.4) is 0 Å². The van der Waals surface area contributed by atoms with Crippen molar-refractivity contribution < 1.29 is 9.59 Å². The van der Waals surface area contributed by atoms with Gasteiger partial charge < -0.3 is 4.57 Å². The molecule has 1 aliphatic rings. The van der Waals surface area contributed by atoms with Crippen LogP contribution in [0.2, 0.25) is 0 Å². The second-order valence-corrected chi connectivity index (χ2v) is 4.32. The molecule has 1 aliphatic heterocycles. The Morgan fingerprint density at radius 3 is 3.05 bits per heavy atom. The second kappa shape index (κ2) is 5.47. The molecule has 1 aromatic heterocycles. The highest BCUT2D eigenvalue weighted by Gasteiger charge is 2.28. The molecule has 2 N–H and O–H groups in total. The first-order valence-electron chi connectivity index (χ1n) is 5.85. The molecule has 1 aromatic rings. The Kier molecular flexibility index (Phi) is 3.74. The lowest BCUT2D eigenvalue weighted by Crippen LogP contribution is -2.29. The van der Waals surface area contributed by atoms with Crippen molar-refractivity contribution in [3.05, 3.63) is 24.0 Å². The summed E-state index contributed by atoms with van der Waals surface area (Å²) in [5.41, 5.74) is 6.23. The summed E-state index contributed by atoms with van der Waals surface area (Å²) in [5, 5.41) is 7.63. The lowest BCUT2D eigenvalue weighted by molar-refractivity contribution is -0.127. The fourth-order valence-corrected chi connectivity index (χ4v) is 1.74. The number of nitrogens with zero attached hydrogens (tertiary/aromatic N) is 3. The van der Waals surface area contributed by atoms with E-state index in [9.17, 15) is 9.59 Å². The van der Waals surface area contributed by atoms with Gasteiger partial charge in [0.05, 0.1) is 17.8 Å². The number of hydrogen-bond donors (Lipinski definition) is 2. The zero-order valence-corrected chi connectivity index (χ0v) is 10.8. The predicted molar refractivity (Wildman–Crippen MR) is 70.5 cm³/mol. The monoisotopic (exact) mass is 261 g/mol. The fourth-order valence-electron chi connectivity index (χ4n) is 1.74. The molecule has 0 spiro atoms. The van der Waals surface area contributed by atoms with Gasteiger partial charge in [-0.1, -0.05) is 0 Å². The van der Waals surface area contributed by atoms with Crippen LogP contribution in [0.25, 0.3) is 0 Å². The summed E-state index contributed by atoms with van der Waals surface area (Å²) in [4.78, 5) is 23.0. The Morgan fingerprint density at radius 2 is 2.47 bits per heavy atom. The van der Waals surface area contributed by atoms with Gasteiger partial charge >= 0.3 is 0 Å². The standard InChI is InChI=1S/C12H15N5O2/c1-8-10(12(19)16-14-8)6-11(18)15-13-7-9-4-3-5-17(9)2/h3-5,7,10H,6H2,1-2H3,(H,15,18)(H,16,19)/b13-7-/t10-/m0/s1. The molecule has 1 atom stereocenters. The van der Waals surface area contributed by atoms with Crippen molar-refractivity contribution in [2.45, 2.75) is 13.3 Å². The number of aromatic nitrogens is 1. The van der Waals surface area contributed by atoms with Crippen LogP contribution in [0, 0.1) is 5.92 Å². The van der Waals surface area contributed by atoms with Crippen LogP contribution in [0.1, 0.15) is 19.0 Å². The minimum absolute atomic E-state index is 0.0473. The summed E-state index contributed by atoms with van der Waals surface area (Å²) in [5.74, 6) is -1.06. The third-order valence-electron chi connectivity index (χ3n) is 2.92. The van der Waals surface area contributed by atoms with E-state index in [1.165, 1.54) is 0 Å². The highest BCUT2D eigenvalue weighted by Crippen LogP contribution is 2.11. The average molecular weight is 261 g/mol. The van der Waals surface area contributed by atoms with Gasteiger partial charge in [0.2, 0.25) is 11.8 Å². The van der Waals surface area contributed by atoms with Crippen molar-refractivity contribution in [2.75, 3.05) is 0 Å². The smallest absolute Gasteiger partial charge is 0.249 e. The summed E-state index contributed by atoms with van der Waals surface area (Å²) in [6.07, 6.45) is 3.48. The van der Waals surface area contributed by atoms with Gasteiger partial charge in [-0.05, 0) is 19.1 Å².